The molecule has 7 heteroatoms. The number of benzene rings is 1. The van der Waals surface area contributed by atoms with E-state index in [0.29, 0.717) is 13.1 Å². The minimum atomic E-state index is 0.120. The largest absolute Gasteiger partial charge is 0.378 e. The van der Waals surface area contributed by atoms with E-state index >= 15 is 0 Å². The molecular weight excluding hydrogens is 342 g/mol. The molecule has 1 amide bonds. The van der Waals surface area contributed by atoms with Crippen molar-refractivity contribution in [3.05, 3.63) is 47.7 Å². The van der Waals surface area contributed by atoms with Crippen LogP contribution in [0.4, 0.5) is 11.5 Å². The highest BCUT2D eigenvalue weighted by Gasteiger charge is 2.24. The molecule has 0 spiro atoms. The SMILES string of the molecule is Cc1ccccc1C(=O)N1CCN(c2cnnc(N3CCOCC3)c2)CC1. The Bertz CT molecular complexity index is 798. The van der Waals surface area contributed by atoms with Gasteiger partial charge in [-0.2, -0.15) is 5.10 Å². The molecule has 7 nitrogen and oxygen atoms in total. The zero-order valence-electron chi connectivity index (χ0n) is 15.7. The Balaban J connectivity index is 1.40. The van der Waals surface area contributed by atoms with Gasteiger partial charge in [-0.05, 0) is 18.6 Å². The summed E-state index contributed by atoms with van der Waals surface area (Å²) in [6.07, 6.45) is 1.81. The average Bonchev–Trinajstić information content (AvgIpc) is 2.74. The molecule has 2 saturated heterocycles. The molecule has 27 heavy (non-hydrogen) atoms. The molecule has 2 aliphatic heterocycles. The molecule has 0 radical (unpaired) electrons. The van der Waals surface area contributed by atoms with E-state index in [9.17, 15) is 4.79 Å². The minimum Gasteiger partial charge on any atom is -0.378 e. The molecule has 2 aliphatic rings. The number of piperazine rings is 1. The Morgan fingerprint density at radius 3 is 2.48 bits per heavy atom. The molecule has 4 rings (SSSR count). The van der Waals surface area contributed by atoms with Crippen molar-refractivity contribution in [3.63, 3.8) is 0 Å². The van der Waals surface area contributed by atoms with Crippen molar-refractivity contribution in [2.45, 2.75) is 6.92 Å². The number of nitrogens with zero attached hydrogens (tertiary/aromatic N) is 5. The number of hydrogen-bond donors (Lipinski definition) is 0. The fraction of sp³-hybridized carbons (Fsp3) is 0.450. The lowest BCUT2D eigenvalue weighted by atomic mass is 10.1. The van der Waals surface area contributed by atoms with Gasteiger partial charge in [0.05, 0.1) is 25.1 Å². The fourth-order valence-corrected chi connectivity index (χ4v) is 3.62. The average molecular weight is 367 g/mol. The second-order valence-corrected chi connectivity index (χ2v) is 6.97. The monoisotopic (exact) mass is 367 g/mol. The second kappa shape index (κ2) is 7.92. The van der Waals surface area contributed by atoms with Crippen molar-refractivity contribution in [1.82, 2.24) is 15.1 Å². The van der Waals surface area contributed by atoms with E-state index in [1.165, 1.54) is 0 Å². The molecule has 0 atom stereocenters. The van der Waals surface area contributed by atoms with E-state index in [1.807, 2.05) is 42.3 Å². The van der Waals surface area contributed by atoms with Crippen LogP contribution in [0, 0.1) is 6.92 Å². The van der Waals surface area contributed by atoms with Crippen molar-refractivity contribution >= 4 is 17.4 Å². The quantitative estimate of drug-likeness (QED) is 0.821. The van der Waals surface area contributed by atoms with Gasteiger partial charge in [-0.1, -0.05) is 18.2 Å². The summed E-state index contributed by atoms with van der Waals surface area (Å²) in [4.78, 5) is 19.2. The number of anilines is 2. The van der Waals surface area contributed by atoms with Gasteiger partial charge in [-0.3, -0.25) is 4.79 Å². The summed E-state index contributed by atoms with van der Waals surface area (Å²) in [6.45, 7) is 8.15. The van der Waals surface area contributed by atoms with Gasteiger partial charge >= 0.3 is 0 Å². The summed E-state index contributed by atoms with van der Waals surface area (Å²) >= 11 is 0. The molecule has 3 heterocycles. The first-order valence-electron chi connectivity index (χ1n) is 9.47. The molecule has 1 aromatic heterocycles. The first-order valence-corrected chi connectivity index (χ1v) is 9.47. The van der Waals surface area contributed by atoms with Crippen molar-refractivity contribution in [2.24, 2.45) is 0 Å². The summed E-state index contributed by atoms with van der Waals surface area (Å²) in [5.41, 5.74) is 2.89. The van der Waals surface area contributed by atoms with Crippen molar-refractivity contribution in [3.8, 4) is 0 Å². The number of ether oxygens (including phenoxy) is 1. The number of carbonyl (C=O) groups excluding carboxylic acids is 1. The molecule has 2 fully saturated rings. The Hall–Kier alpha value is -2.67. The van der Waals surface area contributed by atoms with Gasteiger partial charge < -0.3 is 19.4 Å². The Morgan fingerprint density at radius 1 is 1.00 bits per heavy atom. The first kappa shape index (κ1) is 17.7. The van der Waals surface area contributed by atoms with Crippen molar-refractivity contribution < 1.29 is 9.53 Å². The zero-order chi connectivity index (χ0) is 18.6. The second-order valence-electron chi connectivity index (χ2n) is 6.97. The van der Waals surface area contributed by atoms with E-state index in [-0.39, 0.29) is 5.91 Å². The molecule has 0 bridgehead atoms. The number of aromatic nitrogens is 2. The molecule has 0 unspecified atom stereocenters. The Kier molecular flexibility index (Phi) is 5.20. The molecule has 0 saturated carbocycles. The molecule has 142 valence electrons. The Labute approximate surface area is 159 Å². The summed E-state index contributed by atoms with van der Waals surface area (Å²) in [5.74, 6) is 1.02. The van der Waals surface area contributed by atoms with E-state index in [4.69, 9.17) is 4.74 Å². The summed E-state index contributed by atoms with van der Waals surface area (Å²) in [7, 11) is 0. The van der Waals surface area contributed by atoms with Gasteiger partial charge in [0.25, 0.3) is 5.91 Å². The standard InChI is InChI=1S/C20H25N5O2/c1-16-4-2-3-5-18(16)20(26)25-8-6-23(7-9-25)17-14-19(22-21-15-17)24-10-12-27-13-11-24/h2-5,14-15H,6-13H2,1H3. The maximum absolute atomic E-state index is 12.8. The number of morpholine rings is 1. The predicted molar refractivity (Wildman–Crippen MR) is 104 cm³/mol. The molecular formula is C20H25N5O2. The van der Waals surface area contributed by atoms with Crippen LogP contribution >= 0.6 is 0 Å². The van der Waals surface area contributed by atoms with E-state index in [2.05, 4.69) is 26.1 Å². The van der Waals surface area contributed by atoms with Gasteiger partial charge in [0, 0.05) is 50.9 Å². The fourth-order valence-electron chi connectivity index (χ4n) is 3.62. The van der Waals surface area contributed by atoms with Crippen LogP contribution in [-0.2, 0) is 4.74 Å². The van der Waals surface area contributed by atoms with Crippen LogP contribution in [-0.4, -0.2) is 73.5 Å². The van der Waals surface area contributed by atoms with Crippen LogP contribution in [0.2, 0.25) is 0 Å². The van der Waals surface area contributed by atoms with Gasteiger partial charge in [0.15, 0.2) is 5.82 Å². The number of carbonyl (C=O) groups is 1. The van der Waals surface area contributed by atoms with Gasteiger partial charge in [0.2, 0.25) is 0 Å². The summed E-state index contributed by atoms with van der Waals surface area (Å²) in [6, 6.07) is 9.88. The highest BCUT2D eigenvalue weighted by molar-refractivity contribution is 5.95. The maximum atomic E-state index is 12.8. The lowest BCUT2D eigenvalue weighted by molar-refractivity contribution is 0.0746. The summed E-state index contributed by atoms with van der Waals surface area (Å²) in [5, 5.41) is 8.47. The zero-order valence-corrected chi connectivity index (χ0v) is 15.7. The number of hydrogen-bond acceptors (Lipinski definition) is 6. The molecule has 2 aromatic rings. The topological polar surface area (TPSA) is 61.8 Å². The maximum Gasteiger partial charge on any atom is 0.254 e. The number of amides is 1. The van der Waals surface area contributed by atoms with Crippen LogP contribution < -0.4 is 9.80 Å². The Morgan fingerprint density at radius 2 is 1.74 bits per heavy atom. The third kappa shape index (κ3) is 3.88. The minimum absolute atomic E-state index is 0.120. The van der Waals surface area contributed by atoms with Crippen LogP contribution in [0.5, 0.6) is 0 Å². The van der Waals surface area contributed by atoms with Crippen LogP contribution in [0.3, 0.4) is 0 Å². The van der Waals surface area contributed by atoms with Gasteiger partial charge in [-0.15, -0.1) is 5.10 Å². The normalized spacial score (nSPS) is 17.9. The first-order chi connectivity index (χ1) is 13.2. The van der Waals surface area contributed by atoms with Crippen LogP contribution in [0.15, 0.2) is 36.5 Å². The van der Waals surface area contributed by atoms with Crippen molar-refractivity contribution in [2.75, 3.05) is 62.3 Å². The van der Waals surface area contributed by atoms with E-state index in [0.717, 1.165) is 62.0 Å². The van der Waals surface area contributed by atoms with Gasteiger partial charge in [0.1, 0.15) is 0 Å². The predicted octanol–water partition coefficient (Wildman–Crippen LogP) is 1.58. The van der Waals surface area contributed by atoms with E-state index in [1.54, 1.807) is 0 Å². The lowest BCUT2D eigenvalue weighted by Gasteiger charge is -2.36. The number of aryl methyl sites for hydroxylation is 1. The smallest absolute Gasteiger partial charge is 0.254 e. The third-order valence-corrected chi connectivity index (χ3v) is 5.27. The van der Waals surface area contributed by atoms with Crippen LogP contribution in [0.1, 0.15) is 15.9 Å². The molecule has 0 aliphatic carbocycles. The highest BCUT2D eigenvalue weighted by Crippen LogP contribution is 2.22. The van der Waals surface area contributed by atoms with Gasteiger partial charge in [-0.25, -0.2) is 0 Å². The highest BCUT2D eigenvalue weighted by atomic mass is 16.5. The lowest BCUT2D eigenvalue weighted by Crippen LogP contribution is -2.49. The third-order valence-electron chi connectivity index (χ3n) is 5.27. The van der Waals surface area contributed by atoms with Crippen LogP contribution in [0.25, 0.3) is 0 Å². The summed E-state index contributed by atoms with van der Waals surface area (Å²) < 4.78 is 5.41. The van der Waals surface area contributed by atoms with Crippen molar-refractivity contribution in [1.29, 1.82) is 0 Å². The molecule has 0 N–H and O–H groups in total. The molecule has 1 aromatic carbocycles. The van der Waals surface area contributed by atoms with E-state index < -0.39 is 0 Å². The number of rotatable bonds is 3.